The van der Waals surface area contributed by atoms with E-state index >= 15 is 0 Å². The SMILES string of the molecule is CC1(C)CCCc2cc(Cl)ncc21. The molecule has 1 aliphatic rings. The molecule has 0 bridgehead atoms. The number of nitrogens with zero attached hydrogens (tertiary/aromatic N) is 1. The fraction of sp³-hybridized carbons (Fsp3) is 0.545. The summed E-state index contributed by atoms with van der Waals surface area (Å²) in [4.78, 5) is 4.15. The molecule has 0 saturated carbocycles. The standard InChI is InChI=1S/C11H14ClN/c1-11(2)5-3-4-8-6-10(12)13-7-9(8)11/h6-7H,3-5H2,1-2H3. The molecule has 2 rings (SSSR count). The molecule has 0 N–H and O–H groups in total. The summed E-state index contributed by atoms with van der Waals surface area (Å²) in [6.07, 6.45) is 5.61. The molecule has 0 aliphatic heterocycles. The molecule has 0 amide bonds. The largest absolute Gasteiger partial charge is 0.244 e. The van der Waals surface area contributed by atoms with Crippen molar-refractivity contribution in [3.8, 4) is 0 Å². The molecule has 2 heteroatoms. The Labute approximate surface area is 84.1 Å². The monoisotopic (exact) mass is 195 g/mol. The molecule has 1 aromatic heterocycles. The average Bonchev–Trinajstić information content (AvgIpc) is 2.02. The Balaban J connectivity index is 2.53. The zero-order valence-corrected chi connectivity index (χ0v) is 8.86. The number of hydrogen-bond acceptors (Lipinski definition) is 1. The van der Waals surface area contributed by atoms with E-state index in [-0.39, 0.29) is 5.41 Å². The van der Waals surface area contributed by atoms with Crippen molar-refractivity contribution in [2.24, 2.45) is 0 Å². The van der Waals surface area contributed by atoms with E-state index in [2.05, 4.69) is 18.8 Å². The van der Waals surface area contributed by atoms with Crippen LogP contribution in [-0.4, -0.2) is 4.98 Å². The van der Waals surface area contributed by atoms with E-state index in [0.29, 0.717) is 5.15 Å². The minimum atomic E-state index is 0.283. The van der Waals surface area contributed by atoms with Crippen molar-refractivity contribution < 1.29 is 0 Å². The Morgan fingerprint density at radius 3 is 3.00 bits per heavy atom. The van der Waals surface area contributed by atoms with Gasteiger partial charge in [0.15, 0.2) is 0 Å². The van der Waals surface area contributed by atoms with Gasteiger partial charge in [-0.25, -0.2) is 4.98 Å². The number of pyridine rings is 1. The van der Waals surface area contributed by atoms with Crippen LogP contribution in [0.1, 0.15) is 37.8 Å². The van der Waals surface area contributed by atoms with Gasteiger partial charge in [-0.2, -0.15) is 0 Å². The second-order valence-corrected chi connectivity index (χ2v) is 4.79. The molecular formula is C11H14ClN. The van der Waals surface area contributed by atoms with Crippen LogP contribution in [0.3, 0.4) is 0 Å². The predicted octanol–water partition coefficient (Wildman–Crippen LogP) is 3.35. The summed E-state index contributed by atoms with van der Waals surface area (Å²) in [5, 5.41) is 0.622. The Morgan fingerprint density at radius 2 is 2.23 bits per heavy atom. The topological polar surface area (TPSA) is 12.9 Å². The third-order valence-electron chi connectivity index (χ3n) is 2.93. The summed E-state index contributed by atoms with van der Waals surface area (Å²) in [7, 11) is 0. The summed E-state index contributed by atoms with van der Waals surface area (Å²) < 4.78 is 0. The zero-order chi connectivity index (χ0) is 9.47. The zero-order valence-electron chi connectivity index (χ0n) is 8.10. The summed E-state index contributed by atoms with van der Waals surface area (Å²) >= 11 is 5.86. The van der Waals surface area contributed by atoms with Crippen LogP contribution < -0.4 is 0 Å². The van der Waals surface area contributed by atoms with Gasteiger partial charge in [-0.05, 0) is 41.9 Å². The van der Waals surface area contributed by atoms with Gasteiger partial charge in [0.1, 0.15) is 5.15 Å². The van der Waals surface area contributed by atoms with E-state index in [9.17, 15) is 0 Å². The van der Waals surface area contributed by atoms with Crippen LogP contribution in [0.2, 0.25) is 5.15 Å². The van der Waals surface area contributed by atoms with E-state index in [4.69, 9.17) is 11.6 Å². The van der Waals surface area contributed by atoms with Crippen molar-refractivity contribution in [3.63, 3.8) is 0 Å². The van der Waals surface area contributed by atoms with E-state index in [0.717, 1.165) is 6.42 Å². The lowest BCUT2D eigenvalue weighted by atomic mass is 9.74. The number of hydrogen-bond donors (Lipinski definition) is 0. The van der Waals surface area contributed by atoms with Gasteiger partial charge in [0, 0.05) is 6.20 Å². The Bertz CT molecular complexity index is 331. The molecule has 0 fully saturated rings. The van der Waals surface area contributed by atoms with Gasteiger partial charge < -0.3 is 0 Å². The van der Waals surface area contributed by atoms with Crippen LogP contribution in [0.5, 0.6) is 0 Å². The molecule has 13 heavy (non-hydrogen) atoms. The molecule has 0 radical (unpaired) electrons. The third kappa shape index (κ3) is 1.58. The van der Waals surface area contributed by atoms with E-state index < -0.39 is 0 Å². The highest BCUT2D eigenvalue weighted by Gasteiger charge is 2.27. The van der Waals surface area contributed by atoms with Crippen LogP contribution in [0.25, 0.3) is 0 Å². The van der Waals surface area contributed by atoms with Crippen molar-refractivity contribution in [2.75, 3.05) is 0 Å². The highest BCUT2D eigenvalue weighted by Crippen LogP contribution is 2.36. The number of aromatic nitrogens is 1. The predicted molar refractivity (Wildman–Crippen MR) is 55.2 cm³/mol. The van der Waals surface area contributed by atoms with Gasteiger partial charge in [-0.15, -0.1) is 0 Å². The van der Waals surface area contributed by atoms with Gasteiger partial charge in [0.25, 0.3) is 0 Å². The third-order valence-corrected chi connectivity index (χ3v) is 3.14. The summed E-state index contributed by atoms with van der Waals surface area (Å²) in [5.41, 5.74) is 3.05. The van der Waals surface area contributed by atoms with Crippen molar-refractivity contribution >= 4 is 11.6 Å². The lowest BCUT2D eigenvalue weighted by molar-refractivity contribution is 0.430. The van der Waals surface area contributed by atoms with E-state index in [1.807, 2.05) is 12.3 Å². The highest BCUT2D eigenvalue weighted by atomic mass is 35.5. The molecule has 1 heterocycles. The quantitative estimate of drug-likeness (QED) is 0.579. The molecule has 1 aliphatic carbocycles. The van der Waals surface area contributed by atoms with Crippen LogP contribution in [0, 0.1) is 0 Å². The maximum absolute atomic E-state index is 5.86. The Kier molecular flexibility index (Phi) is 2.07. The molecule has 0 spiro atoms. The van der Waals surface area contributed by atoms with Crippen LogP contribution in [0.4, 0.5) is 0 Å². The van der Waals surface area contributed by atoms with E-state index in [1.165, 1.54) is 24.0 Å². The maximum Gasteiger partial charge on any atom is 0.129 e. The molecule has 1 nitrogen and oxygen atoms in total. The van der Waals surface area contributed by atoms with Crippen molar-refractivity contribution in [3.05, 3.63) is 28.5 Å². The number of fused-ring (bicyclic) bond motifs is 1. The van der Waals surface area contributed by atoms with Crippen LogP contribution >= 0.6 is 11.6 Å². The highest BCUT2D eigenvalue weighted by molar-refractivity contribution is 6.29. The van der Waals surface area contributed by atoms with Crippen LogP contribution in [0.15, 0.2) is 12.3 Å². The molecule has 0 unspecified atom stereocenters. The Hall–Kier alpha value is -0.560. The fourth-order valence-corrected chi connectivity index (χ4v) is 2.32. The van der Waals surface area contributed by atoms with Crippen molar-refractivity contribution in [2.45, 2.75) is 38.5 Å². The lowest BCUT2D eigenvalue weighted by Crippen LogP contribution is -2.23. The van der Waals surface area contributed by atoms with Gasteiger partial charge >= 0.3 is 0 Å². The normalized spacial score (nSPS) is 19.6. The van der Waals surface area contributed by atoms with Gasteiger partial charge in [-0.3, -0.25) is 0 Å². The van der Waals surface area contributed by atoms with Gasteiger partial charge in [0.2, 0.25) is 0 Å². The number of rotatable bonds is 0. The van der Waals surface area contributed by atoms with E-state index in [1.54, 1.807) is 0 Å². The van der Waals surface area contributed by atoms with Crippen molar-refractivity contribution in [1.29, 1.82) is 0 Å². The Morgan fingerprint density at radius 1 is 1.46 bits per heavy atom. The first-order chi connectivity index (χ1) is 6.09. The molecule has 0 saturated heterocycles. The van der Waals surface area contributed by atoms with Crippen molar-refractivity contribution in [1.82, 2.24) is 4.98 Å². The molecular weight excluding hydrogens is 182 g/mol. The minimum absolute atomic E-state index is 0.283. The molecule has 70 valence electrons. The summed E-state index contributed by atoms with van der Waals surface area (Å²) in [6, 6.07) is 2.01. The number of aryl methyl sites for hydroxylation is 1. The molecule has 1 aromatic rings. The molecule has 0 aromatic carbocycles. The minimum Gasteiger partial charge on any atom is -0.244 e. The van der Waals surface area contributed by atoms with Gasteiger partial charge in [-0.1, -0.05) is 25.4 Å². The molecule has 0 atom stereocenters. The van der Waals surface area contributed by atoms with Crippen LogP contribution in [-0.2, 0) is 11.8 Å². The summed E-state index contributed by atoms with van der Waals surface area (Å²) in [6.45, 7) is 4.56. The maximum atomic E-state index is 5.86. The first-order valence-electron chi connectivity index (χ1n) is 4.74. The van der Waals surface area contributed by atoms with Gasteiger partial charge in [0.05, 0.1) is 0 Å². The lowest BCUT2D eigenvalue weighted by Gasteiger charge is -2.31. The smallest absolute Gasteiger partial charge is 0.129 e. The fourth-order valence-electron chi connectivity index (χ4n) is 2.14. The first kappa shape index (κ1) is 9.01. The summed E-state index contributed by atoms with van der Waals surface area (Å²) in [5.74, 6) is 0. The first-order valence-corrected chi connectivity index (χ1v) is 5.12. The second-order valence-electron chi connectivity index (χ2n) is 4.40. The average molecular weight is 196 g/mol. The number of halogens is 1. The second kappa shape index (κ2) is 2.98.